The molecule has 1 fully saturated rings. The second-order valence-electron chi connectivity index (χ2n) is 7.77. The average Bonchev–Trinajstić information content (AvgIpc) is 3.41. The van der Waals surface area contributed by atoms with Gasteiger partial charge in [-0.15, -0.1) is 11.3 Å². The van der Waals surface area contributed by atoms with Crippen LogP contribution in [0.25, 0.3) is 0 Å². The zero-order valence-electron chi connectivity index (χ0n) is 17.5. The number of nitrogens with one attached hydrogen (secondary N) is 1. The fraction of sp³-hybridized carbons (Fsp3) is 0.350. The molecule has 0 radical (unpaired) electrons. The van der Waals surface area contributed by atoms with Crippen LogP contribution >= 0.6 is 11.3 Å². The highest BCUT2D eigenvalue weighted by Crippen LogP contribution is 2.32. The van der Waals surface area contributed by atoms with Crippen molar-refractivity contribution in [1.82, 2.24) is 14.5 Å². The Bertz CT molecular complexity index is 1240. The number of likely N-dealkylation sites (tertiary alicyclic amines) is 1. The van der Waals surface area contributed by atoms with E-state index in [-0.39, 0.29) is 34.5 Å². The van der Waals surface area contributed by atoms with Crippen molar-refractivity contribution in [2.75, 3.05) is 13.1 Å². The molecule has 0 bridgehead atoms. The first-order valence-corrected chi connectivity index (χ1v) is 12.5. The number of benzene rings is 1. The number of sulfonamides is 1. The minimum absolute atomic E-state index is 0.101. The molecule has 1 aromatic carbocycles. The molecule has 2 aliphatic heterocycles. The lowest BCUT2D eigenvalue weighted by Crippen LogP contribution is -2.53. The first-order valence-electron chi connectivity index (χ1n) is 10.1. The standard InChI is InChI=1S/C20H20N4O7S2/c1-12(23-19(26)14-4-2-5-15(24(28)29)17(14)20(23)27)18(25)22-9-7-13(8-10-22)21-33(30,31)16-6-3-11-32-16/h2-6,11-13,21H,7-10H2,1H3/t12-/m0/s1. The number of nitro benzene ring substituents is 1. The van der Waals surface area contributed by atoms with Crippen LogP contribution in [-0.2, 0) is 14.8 Å². The van der Waals surface area contributed by atoms with Gasteiger partial charge in [-0.25, -0.2) is 13.1 Å². The van der Waals surface area contributed by atoms with Crippen LogP contribution in [0.3, 0.4) is 0 Å². The van der Waals surface area contributed by atoms with Gasteiger partial charge in [0.1, 0.15) is 15.8 Å². The molecule has 13 heteroatoms. The maximum Gasteiger partial charge on any atom is 0.282 e. The molecule has 11 nitrogen and oxygen atoms in total. The Morgan fingerprint density at radius 2 is 1.88 bits per heavy atom. The van der Waals surface area contributed by atoms with E-state index < -0.39 is 44.4 Å². The number of fused-ring (bicyclic) bond motifs is 1. The van der Waals surface area contributed by atoms with Crippen molar-refractivity contribution in [3.8, 4) is 0 Å². The van der Waals surface area contributed by atoms with Gasteiger partial charge >= 0.3 is 0 Å². The Morgan fingerprint density at radius 3 is 2.48 bits per heavy atom. The van der Waals surface area contributed by atoms with E-state index >= 15 is 0 Å². The number of rotatable bonds is 6. The number of hydrogen-bond acceptors (Lipinski definition) is 8. The molecule has 4 rings (SSSR count). The fourth-order valence-electron chi connectivity index (χ4n) is 4.08. The number of hydrogen-bond donors (Lipinski definition) is 1. The molecule has 0 aliphatic carbocycles. The summed E-state index contributed by atoms with van der Waals surface area (Å²) in [7, 11) is -3.63. The summed E-state index contributed by atoms with van der Waals surface area (Å²) in [5.41, 5.74) is -0.892. The maximum atomic E-state index is 13.0. The van der Waals surface area contributed by atoms with E-state index in [4.69, 9.17) is 0 Å². The summed E-state index contributed by atoms with van der Waals surface area (Å²) in [4.78, 5) is 51.4. The number of nitro groups is 1. The molecule has 174 valence electrons. The largest absolute Gasteiger partial charge is 0.341 e. The summed E-state index contributed by atoms with van der Waals surface area (Å²) in [5, 5.41) is 12.9. The Morgan fingerprint density at radius 1 is 1.18 bits per heavy atom. The predicted molar refractivity (Wildman–Crippen MR) is 117 cm³/mol. The average molecular weight is 493 g/mol. The summed E-state index contributed by atoms with van der Waals surface area (Å²) in [6.07, 6.45) is 0.743. The van der Waals surface area contributed by atoms with Gasteiger partial charge in [-0.3, -0.25) is 29.4 Å². The number of carbonyl (C=O) groups excluding carboxylic acids is 3. The van der Waals surface area contributed by atoms with Gasteiger partial charge in [0, 0.05) is 25.2 Å². The molecule has 3 amide bonds. The van der Waals surface area contributed by atoms with E-state index in [1.54, 1.807) is 11.4 Å². The molecule has 2 aromatic rings. The number of thiophene rings is 1. The first kappa shape index (κ1) is 23.0. The van der Waals surface area contributed by atoms with Crippen LogP contribution in [0.15, 0.2) is 39.9 Å². The van der Waals surface area contributed by atoms with Crippen LogP contribution in [0.5, 0.6) is 0 Å². The second kappa shape index (κ2) is 8.65. The van der Waals surface area contributed by atoms with Crippen molar-refractivity contribution in [1.29, 1.82) is 0 Å². The van der Waals surface area contributed by atoms with Gasteiger partial charge in [0.2, 0.25) is 15.9 Å². The van der Waals surface area contributed by atoms with Crippen molar-refractivity contribution in [2.24, 2.45) is 0 Å². The third-order valence-electron chi connectivity index (χ3n) is 5.75. The van der Waals surface area contributed by atoms with Crippen LogP contribution in [-0.4, -0.2) is 66.0 Å². The molecule has 2 aliphatic rings. The fourth-order valence-corrected chi connectivity index (χ4v) is 6.39. The zero-order chi connectivity index (χ0) is 23.9. The van der Waals surface area contributed by atoms with E-state index in [9.17, 15) is 32.9 Å². The predicted octanol–water partition coefficient (Wildman–Crippen LogP) is 1.61. The summed E-state index contributed by atoms with van der Waals surface area (Å²) in [6.45, 7) is 1.88. The number of carbonyl (C=O) groups is 3. The lowest BCUT2D eigenvalue weighted by molar-refractivity contribution is -0.385. The molecule has 1 N–H and O–H groups in total. The van der Waals surface area contributed by atoms with Crippen LogP contribution in [0.1, 0.15) is 40.5 Å². The van der Waals surface area contributed by atoms with Crippen molar-refractivity contribution < 1.29 is 27.7 Å². The van der Waals surface area contributed by atoms with Gasteiger partial charge in [-0.05, 0) is 37.3 Å². The van der Waals surface area contributed by atoms with Crippen molar-refractivity contribution >= 4 is 44.8 Å². The minimum atomic E-state index is -3.63. The number of amides is 3. The molecule has 1 saturated heterocycles. The molecule has 3 heterocycles. The van der Waals surface area contributed by atoms with Crippen LogP contribution < -0.4 is 4.72 Å². The molecule has 0 unspecified atom stereocenters. The topological polar surface area (TPSA) is 147 Å². The quantitative estimate of drug-likeness (QED) is 0.366. The van der Waals surface area contributed by atoms with Crippen LogP contribution in [0.2, 0.25) is 0 Å². The highest BCUT2D eigenvalue weighted by molar-refractivity contribution is 7.91. The SMILES string of the molecule is C[C@@H](C(=O)N1CCC(NS(=O)(=O)c2cccs2)CC1)N1C(=O)c2cccc([N+](=O)[O-])c2C1=O. The molecule has 0 saturated carbocycles. The van der Waals surface area contributed by atoms with E-state index in [0.717, 1.165) is 22.3 Å². The van der Waals surface area contributed by atoms with Gasteiger partial charge in [0.15, 0.2) is 0 Å². The summed E-state index contributed by atoms with van der Waals surface area (Å²) >= 11 is 1.11. The summed E-state index contributed by atoms with van der Waals surface area (Å²) in [5.74, 6) is -2.10. The van der Waals surface area contributed by atoms with Gasteiger partial charge in [-0.1, -0.05) is 12.1 Å². The molecule has 1 atom stereocenters. The van der Waals surface area contributed by atoms with Crippen LogP contribution in [0.4, 0.5) is 5.69 Å². The Labute approximate surface area is 193 Å². The number of piperidine rings is 1. The summed E-state index contributed by atoms with van der Waals surface area (Å²) in [6, 6.07) is 5.44. The molecular formula is C20H20N4O7S2. The van der Waals surface area contributed by atoms with E-state index in [1.807, 2.05) is 0 Å². The van der Waals surface area contributed by atoms with Crippen LogP contribution in [0, 0.1) is 10.1 Å². The smallest absolute Gasteiger partial charge is 0.282 e. The first-order chi connectivity index (χ1) is 15.6. The second-order valence-corrected chi connectivity index (χ2v) is 10.7. The minimum Gasteiger partial charge on any atom is -0.341 e. The van der Waals surface area contributed by atoms with E-state index in [1.165, 1.54) is 30.0 Å². The highest BCUT2D eigenvalue weighted by atomic mass is 32.2. The monoisotopic (exact) mass is 492 g/mol. The van der Waals surface area contributed by atoms with Gasteiger partial charge < -0.3 is 4.90 Å². The van der Waals surface area contributed by atoms with Gasteiger partial charge in [0.05, 0.1) is 10.5 Å². The lowest BCUT2D eigenvalue weighted by Gasteiger charge is -2.35. The van der Waals surface area contributed by atoms with Crippen molar-refractivity contribution in [3.05, 3.63) is 57.0 Å². The Balaban J connectivity index is 1.42. The van der Waals surface area contributed by atoms with E-state index in [2.05, 4.69) is 4.72 Å². The molecule has 0 spiro atoms. The lowest BCUT2D eigenvalue weighted by atomic mass is 10.1. The normalized spacial score (nSPS) is 17.8. The van der Waals surface area contributed by atoms with Gasteiger partial charge in [0.25, 0.3) is 17.5 Å². The van der Waals surface area contributed by atoms with Crippen molar-refractivity contribution in [2.45, 2.75) is 36.1 Å². The zero-order valence-corrected chi connectivity index (χ0v) is 19.1. The van der Waals surface area contributed by atoms with Gasteiger partial charge in [-0.2, -0.15) is 0 Å². The van der Waals surface area contributed by atoms with E-state index in [0.29, 0.717) is 12.8 Å². The Hall–Kier alpha value is -3.16. The maximum absolute atomic E-state index is 13.0. The number of imide groups is 1. The Kier molecular flexibility index (Phi) is 6.03. The molecule has 33 heavy (non-hydrogen) atoms. The third kappa shape index (κ3) is 4.14. The van der Waals surface area contributed by atoms with Crippen molar-refractivity contribution in [3.63, 3.8) is 0 Å². The number of nitrogens with zero attached hydrogens (tertiary/aromatic N) is 3. The highest BCUT2D eigenvalue weighted by Gasteiger charge is 2.45. The molecular weight excluding hydrogens is 472 g/mol. The third-order valence-corrected chi connectivity index (χ3v) is 8.67. The summed E-state index contributed by atoms with van der Waals surface area (Å²) < 4.78 is 27.7. The molecule has 1 aromatic heterocycles.